The van der Waals surface area contributed by atoms with Crippen molar-refractivity contribution in [2.45, 2.75) is 19.4 Å². The first-order valence-corrected chi connectivity index (χ1v) is 5.10. The molecule has 0 atom stereocenters. The zero-order valence-electron chi connectivity index (χ0n) is 8.86. The van der Waals surface area contributed by atoms with Crippen molar-refractivity contribution in [3.05, 3.63) is 23.3 Å². The number of nitrogens with two attached hydrogens (primary N) is 1. The van der Waals surface area contributed by atoms with E-state index in [4.69, 9.17) is 5.90 Å². The van der Waals surface area contributed by atoms with Crippen molar-refractivity contribution in [2.24, 2.45) is 5.90 Å². The predicted molar refractivity (Wildman–Crippen MR) is 58.7 cm³/mol. The smallest absolute Gasteiger partial charge is 0.126 e. The van der Waals surface area contributed by atoms with Crippen LogP contribution in [0.5, 0.6) is 5.75 Å². The van der Waals surface area contributed by atoms with Gasteiger partial charge in [0.2, 0.25) is 0 Å². The molecule has 0 aromatic heterocycles. The lowest BCUT2D eigenvalue weighted by atomic mass is 9.98. The summed E-state index contributed by atoms with van der Waals surface area (Å²) >= 11 is 0. The lowest BCUT2D eigenvalue weighted by molar-refractivity contribution is 0.122. The number of benzene rings is 1. The molecule has 0 amide bonds. The van der Waals surface area contributed by atoms with Crippen LogP contribution < -0.4 is 10.8 Å². The molecule has 0 bridgehead atoms. The molecule has 1 heterocycles. The molecular formula is C11H16N2O2. The van der Waals surface area contributed by atoms with Gasteiger partial charge in [0.05, 0.1) is 6.61 Å². The highest BCUT2D eigenvalue weighted by Gasteiger charge is 2.18. The first-order chi connectivity index (χ1) is 7.24. The van der Waals surface area contributed by atoms with Gasteiger partial charge in [-0.3, -0.25) is 4.84 Å². The first kappa shape index (κ1) is 10.3. The monoisotopic (exact) mass is 208 g/mol. The fourth-order valence-electron chi connectivity index (χ4n) is 2.10. The molecule has 4 heteroatoms. The number of rotatable bonds is 2. The number of aromatic hydroxyl groups is 1. The summed E-state index contributed by atoms with van der Waals surface area (Å²) in [5.74, 6) is 5.35. The minimum Gasteiger partial charge on any atom is -0.507 e. The lowest BCUT2D eigenvalue weighted by Gasteiger charge is -2.28. The fraction of sp³-hybridized carbons (Fsp3) is 0.455. The van der Waals surface area contributed by atoms with Crippen LogP contribution in [-0.4, -0.2) is 18.7 Å². The van der Waals surface area contributed by atoms with Gasteiger partial charge in [0.15, 0.2) is 0 Å². The van der Waals surface area contributed by atoms with Gasteiger partial charge in [0.1, 0.15) is 5.75 Å². The maximum Gasteiger partial charge on any atom is 0.126 e. The van der Waals surface area contributed by atoms with Crippen LogP contribution >= 0.6 is 0 Å². The maximum atomic E-state index is 10.0. The topological polar surface area (TPSA) is 58.7 Å². The van der Waals surface area contributed by atoms with Crippen molar-refractivity contribution in [1.82, 2.24) is 0 Å². The van der Waals surface area contributed by atoms with E-state index in [0.29, 0.717) is 5.75 Å². The van der Waals surface area contributed by atoms with Gasteiger partial charge in [0.25, 0.3) is 0 Å². The summed E-state index contributed by atoms with van der Waals surface area (Å²) in [4.78, 5) is 6.71. The molecule has 0 aliphatic carbocycles. The lowest BCUT2D eigenvalue weighted by Crippen LogP contribution is -2.24. The Balaban J connectivity index is 2.42. The SMILES string of the molecule is CN1CCCc2c1ccc(CON)c2O. The number of nitrogens with zero attached hydrogens (tertiary/aromatic N) is 1. The van der Waals surface area contributed by atoms with Crippen molar-refractivity contribution < 1.29 is 9.94 Å². The Kier molecular flexibility index (Phi) is 2.79. The summed E-state index contributed by atoms with van der Waals surface area (Å²) < 4.78 is 0. The van der Waals surface area contributed by atoms with Crippen molar-refractivity contribution in [2.75, 3.05) is 18.5 Å². The van der Waals surface area contributed by atoms with Crippen LogP contribution in [0.25, 0.3) is 0 Å². The number of phenols is 1. The van der Waals surface area contributed by atoms with Crippen molar-refractivity contribution in [3.8, 4) is 5.75 Å². The molecule has 0 unspecified atom stereocenters. The summed E-state index contributed by atoms with van der Waals surface area (Å²) in [5, 5.41) is 10.0. The number of hydrogen-bond acceptors (Lipinski definition) is 4. The minimum absolute atomic E-state index is 0.253. The third kappa shape index (κ3) is 1.78. The molecule has 0 spiro atoms. The zero-order valence-corrected chi connectivity index (χ0v) is 8.86. The molecule has 1 aliphatic heterocycles. The van der Waals surface area contributed by atoms with Gasteiger partial charge in [0, 0.05) is 30.4 Å². The predicted octanol–water partition coefficient (Wildman–Crippen LogP) is 1.16. The van der Waals surface area contributed by atoms with E-state index in [0.717, 1.165) is 36.2 Å². The van der Waals surface area contributed by atoms with E-state index in [1.807, 2.05) is 19.2 Å². The molecule has 0 saturated carbocycles. The average Bonchev–Trinajstić information content (AvgIpc) is 2.23. The highest BCUT2D eigenvalue weighted by Crippen LogP contribution is 2.35. The Morgan fingerprint density at radius 3 is 3.07 bits per heavy atom. The van der Waals surface area contributed by atoms with Gasteiger partial charge in [-0.1, -0.05) is 6.07 Å². The van der Waals surface area contributed by atoms with Crippen LogP contribution in [0.2, 0.25) is 0 Å². The number of hydrogen-bond donors (Lipinski definition) is 2. The second kappa shape index (κ2) is 4.08. The molecule has 1 aromatic rings. The van der Waals surface area contributed by atoms with Crippen LogP contribution in [0.1, 0.15) is 17.5 Å². The second-order valence-corrected chi connectivity index (χ2v) is 3.91. The summed E-state index contributed by atoms with van der Waals surface area (Å²) in [6.07, 6.45) is 1.99. The van der Waals surface area contributed by atoms with E-state index in [1.54, 1.807) is 0 Å². The standard InChI is InChI=1S/C11H16N2O2/c1-13-6-2-3-9-10(13)5-4-8(7-15-12)11(9)14/h4-5,14H,2-3,6-7,12H2,1H3. The summed E-state index contributed by atoms with van der Waals surface area (Å²) in [5.41, 5.74) is 2.88. The molecule has 15 heavy (non-hydrogen) atoms. The van der Waals surface area contributed by atoms with E-state index >= 15 is 0 Å². The van der Waals surface area contributed by atoms with Gasteiger partial charge in [-0.05, 0) is 18.9 Å². The molecule has 0 radical (unpaired) electrons. The number of fused-ring (bicyclic) bond motifs is 1. The molecule has 0 saturated heterocycles. The van der Waals surface area contributed by atoms with Crippen LogP contribution in [0, 0.1) is 0 Å². The normalized spacial score (nSPS) is 15.2. The molecule has 2 rings (SSSR count). The molecule has 1 aromatic carbocycles. The fourth-order valence-corrected chi connectivity index (χ4v) is 2.10. The van der Waals surface area contributed by atoms with Gasteiger partial charge in [-0.25, -0.2) is 5.90 Å². The van der Waals surface area contributed by atoms with Crippen molar-refractivity contribution >= 4 is 5.69 Å². The Hall–Kier alpha value is -1.26. The maximum absolute atomic E-state index is 10.0. The van der Waals surface area contributed by atoms with Crippen LogP contribution in [0.3, 0.4) is 0 Å². The van der Waals surface area contributed by atoms with Crippen LogP contribution in [-0.2, 0) is 17.9 Å². The van der Waals surface area contributed by atoms with E-state index in [1.165, 1.54) is 0 Å². The van der Waals surface area contributed by atoms with Crippen LogP contribution in [0.15, 0.2) is 12.1 Å². The molecule has 3 N–H and O–H groups in total. The Bertz CT molecular complexity index is 366. The summed E-state index contributed by atoms with van der Waals surface area (Å²) in [6.45, 7) is 1.29. The first-order valence-electron chi connectivity index (χ1n) is 5.10. The van der Waals surface area contributed by atoms with E-state index in [9.17, 15) is 5.11 Å². The third-order valence-electron chi connectivity index (χ3n) is 2.91. The summed E-state index contributed by atoms with van der Waals surface area (Å²) in [6, 6.07) is 3.88. The molecule has 4 nitrogen and oxygen atoms in total. The molecular weight excluding hydrogens is 192 g/mol. The zero-order chi connectivity index (χ0) is 10.8. The van der Waals surface area contributed by atoms with Crippen molar-refractivity contribution in [3.63, 3.8) is 0 Å². The van der Waals surface area contributed by atoms with E-state index in [-0.39, 0.29) is 6.61 Å². The van der Waals surface area contributed by atoms with E-state index < -0.39 is 0 Å². The van der Waals surface area contributed by atoms with Crippen LogP contribution in [0.4, 0.5) is 5.69 Å². The van der Waals surface area contributed by atoms with Gasteiger partial charge in [-0.15, -0.1) is 0 Å². The highest BCUT2D eigenvalue weighted by atomic mass is 16.6. The molecule has 0 fully saturated rings. The Labute approximate surface area is 89.2 Å². The number of phenolic OH excluding ortho intramolecular Hbond substituents is 1. The molecule has 82 valence electrons. The van der Waals surface area contributed by atoms with Gasteiger partial charge in [-0.2, -0.15) is 0 Å². The Morgan fingerprint density at radius 2 is 2.33 bits per heavy atom. The Morgan fingerprint density at radius 1 is 1.53 bits per heavy atom. The third-order valence-corrected chi connectivity index (χ3v) is 2.91. The van der Waals surface area contributed by atoms with E-state index in [2.05, 4.69) is 9.74 Å². The number of anilines is 1. The quantitative estimate of drug-likeness (QED) is 0.716. The van der Waals surface area contributed by atoms with Crippen molar-refractivity contribution in [1.29, 1.82) is 0 Å². The average molecular weight is 208 g/mol. The summed E-state index contributed by atoms with van der Waals surface area (Å²) in [7, 11) is 2.04. The van der Waals surface area contributed by atoms with Gasteiger partial charge < -0.3 is 10.0 Å². The minimum atomic E-state index is 0.253. The second-order valence-electron chi connectivity index (χ2n) is 3.91. The van der Waals surface area contributed by atoms with Gasteiger partial charge >= 0.3 is 0 Å². The molecule has 1 aliphatic rings. The largest absolute Gasteiger partial charge is 0.507 e. The highest BCUT2D eigenvalue weighted by molar-refractivity contribution is 5.62.